The van der Waals surface area contributed by atoms with Gasteiger partial charge in [-0.25, -0.2) is 4.79 Å². The zero-order valence-corrected chi connectivity index (χ0v) is 12.6. The van der Waals surface area contributed by atoms with Gasteiger partial charge in [0.15, 0.2) is 0 Å². The molecule has 0 aromatic carbocycles. The number of rotatable bonds is 2. The first-order chi connectivity index (χ1) is 8.54. The highest BCUT2D eigenvalue weighted by atomic mass is 79.9. The lowest BCUT2D eigenvalue weighted by atomic mass is 10.2. The van der Waals surface area contributed by atoms with Gasteiger partial charge in [0, 0.05) is 6.54 Å². The largest absolute Gasteiger partial charge is 0.467 e. The van der Waals surface area contributed by atoms with E-state index in [4.69, 9.17) is 4.74 Å². The third kappa shape index (κ3) is 2.44. The zero-order chi connectivity index (χ0) is 13.3. The van der Waals surface area contributed by atoms with Crippen LogP contribution < -0.4 is 0 Å². The third-order valence-electron chi connectivity index (χ3n) is 3.05. The molecule has 1 aliphatic heterocycles. The summed E-state index contributed by atoms with van der Waals surface area (Å²) < 4.78 is 5.70. The molecule has 0 radical (unpaired) electrons. The normalized spacial score (nSPS) is 19.1. The van der Waals surface area contributed by atoms with Crippen molar-refractivity contribution in [3.8, 4) is 0 Å². The molecule has 1 aromatic heterocycles. The SMILES string of the molecule is COC(=O)C1CCCN1C(=O)c1cc(C)c(Br)s1. The molecule has 1 fully saturated rings. The van der Waals surface area contributed by atoms with Crippen LogP contribution in [0, 0.1) is 6.92 Å². The summed E-state index contributed by atoms with van der Waals surface area (Å²) in [5.74, 6) is -0.408. The molecule has 1 saturated heterocycles. The number of likely N-dealkylation sites (tertiary alicyclic amines) is 1. The lowest BCUT2D eigenvalue weighted by molar-refractivity contribution is -0.145. The predicted octanol–water partition coefficient (Wildman–Crippen LogP) is 2.60. The van der Waals surface area contributed by atoms with Gasteiger partial charge >= 0.3 is 5.97 Å². The molecule has 0 bridgehead atoms. The maximum atomic E-state index is 12.4. The Kier molecular flexibility index (Phi) is 4.07. The van der Waals surface area contributed by atoms with Crippen molar-refractivity contribution in [2.45, 2.75) is 25.8 Å². The smallest absolute Gasteiger partial charge is 0.328 e. The third-order valence-corrected chi connectivity index (χ3v) is 5.18. The van der Waals surface area contributed by atoms with Crippen LogP contribution in [0.2, 0.25) is 0 Å². The molecular weight excluding hydrogens is 318 g/mol. The number of amides is 1. The van der Waals surface area contributed by atoms with E-state index in [0.717, 1.165) is 15.8 Å². The van der Waals surface area contributed by atoms with Crippen molar-refractivity contribution in [1.82, 2.24) is 4.90 Å². The van der Waals surface area contributed by atoms with Crippen LogP contribution in [0.15, 0.2) is 9.85 Å². The molecule has 0 saturated carbocycles. The number of esters is 1. The van der Waals surface area contributed by atoms with Gasteiger partial charge in [-0.15, -0.1) is 11.3 Å². The Hall–Kier alpha value is -0.880. The van der Waals surface area contributed by atoms with E-state index >= 15 is 0 Å². The Bertz CT molecular complexity index is 466. The van der Waals surface area contributed by atoms with Crippen LogP contribution in [-0.2, 0) is 9.53 Å². The van der Waals surface area contributed by atoms with E-state index in [0.29, 0.717) is 17.8 Å². The molecule has 0 N–H and O–H groups in total. The highest BCUT2D eigenvalue weighted by Crippen LogP contribution is 2.30. The minimum atomic E-state index is -0.427. The van der Waals surface area contributed by atoms with Gasteiger partial charge in [0.1, 0.15) is 6.04 Å². The number of carbonyl (C=O) groups excluding carboxylic acids is 2. The maximum absolute atomic E-state index is 12.4. The molecule has 1 atom stereocenters. The van der Waals surface area contributed by atoms with Crippen LogP contribution in [0.4, 0.5) is 0 Å². The van der Waals surface area contributed by atoms with Gasteiger partial charge < -0.3 is 9.64 Å². The number of aryl methyl sites for hydroxylation is 1. The monoisotopic (exact) mass is 331 g/mol. The van der Waals surface area contributed by atoms with Crippen LogP contribution in [0.5, 0.6) is 0 Å². The van der Waals surface area contributed by atoms with Crippen LogP contribution in [-0.4, -0.2) is 36.5 Å². The average molecular weight is 332 g/mol. The number of ether oxygens (including phenoxy) is 1. The van der Waals surface area contributed by atoms with E-state index in [9.17, 15) is 9.59 Å². The number of carbonyl (C=O) groups is 2. The predicted molar refractivity (Wildman–Crippen MR) is 72.8 cm³/mol. The summed E-state index contributed by atoms with van der Waals surface area (Å²) in [7, 11) is 1.36. The molecule has 0 spiro atoms. The highest BCUT2D eigenvalue weighted by molar-refractivity contribution is 9.11. The molecule has 0 aliphatic carbocycles. The maximum Gasteiger partial charge on any atom is 0.328 e. The number of halogens is 1. The molecule has 2 heterocycles. The second kappa shape index (κ2) is 5.40. The van der Waals surface area contributed by atoms with Crippen LogP contribution in [0.1, 0.15) is 28.1 Å². The second-order valence-electron chi connectivity index (χ2n) is 4.25. The van der Waals surface area contributed by atoms with Gasteiger partial charge in [-0.3, -0.25) is 4.79 Å². The van der Waals surface area contributed by atoms with E-state index in [2.05, 4.69) is 15.9 Å². The summed E-state index contributed by atoms with van der Waals surface area (Å²) >= 11 is 4.81. The number of thiophene rings is 1. The Balaban J connectivity index is 2.20. The molecule has 6 heteroatoms. The van der Waals surface area contributed by atoms with Crippen molar-refractivity contribution in [2.75, 3.05) is 13.7 Å². The van der Waals surface area contributed by atoms with Gasteiger partial charge in [-0.1, -0.05) is 0 Å². The topological polar surface area (TPSA) is 46.6 Å². The van der Waals surface area contributed by atoms with Gasteiger partial charge in [0.2, 0.25) is 0 Å². The Labute approximate surface area is 118 Å². The fourth-order valence-corrected chi connectivity index (χ4v) is 3.59. The fourth-order valence-electron chi connectivity index (χ4n) is 2.10. The first-order valence-corrected chi connectivity index (χ1v) is 7.30. The Morgan fingerprint density at radius 2 is 2.28 bits per heavy atom. The van der Waals surface area contributed by atoms with Gasteiger partial charge in [0.25, 0.3) is 5.91 Å². The lowest BCUT2D eigenvalue weighted by Crippen LogP contribution is -2.40. The van der Waals surface area contributed by atoms with E-state index in [-0.39, 0.29) is 11.9 Å². The molecule has 1 amide bonds. The summed E-state index contributed by atoms with van der Waals surface area (Å²) in [5, 5.41) is 0. The fraction of sp³-hybridized carbons (Fsp3) is 0.500. The number of methoxy groups -OCH3 is 1. The van der Waals surface area contributed by atoms with Gasteiger partial charge in [-0.2, -0.15) is 0 Å². The number of hydrogen-bond acceptors (Lipinski definition) is 4. The molecule has 18 heavy (non-hydrogen) atoms. The molecular formula is C12H14BrNO3S. The summed E-state index contributed by atoms with van der Waals surface area (Å²) in [6, 6.07) is 1.42. The highest BCUT2D eigenvalue weighted by Gasteiger charge is 2.35. The van der Waals surface area contributed by atoms with Crippen molar-refractivity contribution in [1.29, 1.82) is 0 Å². The standard InChI is InChI=1S/C12H14BrNO3S/c1-7-6-9(18-10(7)13)11(15)14-5-3-4-8(14)12(16)17-2/h6,8H,3-5H2,1-2H3. The Morgan fingerprint density at radius 3 is 2.83 bits per heavy atom. The van der Waals surface area contributed by atoms with Crippen molar-refractivity contribution in [2.24, 2.45) is 0 Å². The lowest BCUT2D eigenvalue weighted by Gasteiger charge is -2.21. The number of nitrogens with zero attached hydrogens (tertiary/aromatic N) is 1. The minimum Gasteiger partial charge on any atom is -0.467 e. The zero-order valence-electron chi connectivity index (χ0n) is 10.2. The van der Waals surface area contributed by atoms with Crippen LogP contribution in [0.25, 0.3) is 0 Å². The minimum absolute atomic E-state index is 0.0818. The van der Waals surface area contributed by atoms with Crippen molar-refractivity contribution < 1.29 is 14.3 Å². The van der Waals surface area contributed by atoms with Gasteiger partial charge in [0.05, 0.1) is 15.8 Å². The van der Waals surface area contributed by atoms with E-state index in [1.165, 1.54) is 18.4 Å². The molecule has 4 nitrogen and oxygen atoms in total. The van der Waals surface area contributed by atoms with Crippen molar-refractivity contribution in [3.05, 3.63) is 20.3 Å². The van der Waals surface area contributed by atoms with E-state index < -0.39 is 6.04 Å². The van der Waals surface area contributed by atoms with Crippen molar-refractivity contribution in [3.63, 3.8) is 0 Å². The number of hydrogen-bond donors (Lipinski definition) is 0. The summed E-state index contributed by atoms with van der Waals surface area (Å²) in [6.45, 7) is 2.56. The van der Waals surface area contributed by atoms with Crippen LogP contribution in [0.3, 0.4) is 0 Å². The van der Waals surface area contributed by atoms with E-state index in [1.807, 2.05) is 13.0 Å². The van der Waals surface area contributed by atoms with Crippen LogP contribution >= 0.6 is 27.3 Å². The molecule has 1 unspecified atom stereocenters. The Morgan fingerprint density at radius 1 is 1.56 bits per heavy atom. The molecule has 98 valence electrons. The van der Waals surface area contributed by atoms with E-state index in [1.54, 1.807) is 4.90 Å². The first kappa shape index (κ1) is 13.5. The second-order valence-corrected chi connectivity index (χ2v) is 6.62. The first-order valence-electron chi connectivity index (χ1n) is 5.69. The molecule has 1 aliphatic rings. The van der Waals surface area contributed by atoms with Gasteiger partial charge in [-0.05, 0) is 47.3 Å². The van der Waals surface area contributed by atoms with Crippen molar-refractivity contribution >= 4 is 39.1 Å². The quantitative estimate of drug-likeness (QED) is 0.782. The molecule has 2 rings (SSSR count). The summed E-state index contributed by atoms with van der Waals surface area (Å²) in [5.41, 5.74) is 1.04. The molecule has 1 aromatic rings. The average Bonchev–Trinajstić information content (AvgIpc) is 2.95. The summed E-state index contributed by atoms with van der Waals surface area (Å²) in [4.78, 5) is 26.2. The summed E-state index contributed by atoms with van der Waals surface area (Å²) in [6.07, 6.45) is 1.53.